The molecule has 6 nitrogen and oxygen atoms in total. The number of benzene rings is 1. The van der Waals surface area contributed by atoms with E-state index in [4.69, 9.17) is 11.6 Å². The fourth-order valence-electron chi connectivity index (χ4n) is 3.83. The number of aromatic nitrogens is 3. The minimum Gasteiger partial charge on any atom is -0.354 e. The Hall–Kier alpha value is -2.76. The fraction of sp³-hybridized carbons (Fsp3) is 0.381. The van der Waals surface area contributed by atoms with Gasteiger partial charge in [-0.25, -0.2) is 4.98 Å². The van der Waals surface area contributed by atoms with Crippen LogP contribution in [-0.2, 0) is 5.92 Å². The quantitative estimate of drug-likeness (QED) is 0.671. The van der Waals surface area contributed by atoms with Crippen LogP contribution in [0, 0.1) is 11.3 Å². The van der Waals surface area contributed by atoms with E-state index < -0.39 is 11.7 Å². The molecule has 0 bridgehead atoms. The van der Waals surface area contributed by atoms with Gasteiger partial charge in [0.1, 0.15) is 17.5 Å². The highest BCUT2D eigenvalue weighted by Crippen LogP contribution is 2.42. The second kappa shape index (κ2) is 7.18. The Labute approximate surface area is 178 Å². The molecule has 0 aliphatic carbocycles. The molecule has 1 aromatic carbocycles. The lowest BCUT2D eigenvalue weighted by Crippen LogP contribution is -2.42. The number of alkyl halides is 2. The zero-order valence-corrected chi connectivity index (χ0v) is 17.6. The largest absolute Gasteiger partial charge is 0.354 e. The summed E-state index contributed by atoms with van der Waals surface area (Å²) in [4.78, 5) is 6.05. The number of nitrogens with zero attached hydrogens (tertiary/aromatic N) is 5. The zero-order chi connectivity index (χ0) is 21.7. The molecule has 1 N–H and O–H groups in total. The molecule has 0 radical (unpaired) electrons. The standard InChI is InChI=1S/C21H21ClF2N6/c1-20(26-3)9-10-29(12-20)18-15(13-7-5-4-6-8-13)16(22)14(11-25)17-27-19(21(2,23)24)28-30(17)18/h4-8,26H,9-10,12H2,1-3H3/t20-/m0/s1. The number of likely N-dealkylation sites (N-methyl/N-ethyl adjacent to an activating group) is 1. The molecular weight excluding hydrogens is 410 g/mol. The Kier molecular flexibility index (Phi) is 4.91. The van der Waals surface area contributed by atoms with E-state index in [0.29, 0.717) is 24.5 Å². The summed E-state index contributed by atoms with van der Waals surface area (Å²) in [6, 6.07) is 11.4. The normalized spacial score (nSPS) is 19.4. The first kappa shape index (κ1) is 20.5. The molecule has 0 amide bonds. The Balaban J connectivity index is 2.08. The lowest BCUT2D eigenvalue weighted by molar-refractivity contribution is 0.00801. The molecule has 0 unspecified atom stereocenters. The first-order valence-electron chi connectivity index (χ1n) is 9.58. The van der Waals surface area contributed by atoms with Crippen molar-refractivity contribution in [2.75, 3.05) is 25.0 Å². The molecular formula is C21H21ClF2N6. The van der Waals surface area contributed by atoms with Crippen LogP contribution in [0.3, 0.4) is 0 Å². The first-order valence-corrected chi connectivity index (χ1v) is 9.96. The molecule has 4 rings (SSSR count). The van der Waals surface area contributed by atoms with E-state index in [2.05, 4.69) is 27.2 Å². The first-order chi connectivity index (χ1) is 14.2. The van der Waals surface area contributed by atoms with E-state index >= 15 is 0 Å². The van der Waals surface area contributed by atoms with Crippen molar-refractivity contribution in [3.8, 4) is 17.2 Å². The van der Waals surface area contributed by atoms with Gasteiger partial charge in [-0.15, -0.1) is 5.10 Å². The maximum Gasteiger partial charge on any atom is 0.305 e. The van der Waals surface area contributed by atoms with Crippen molar-refractivity contribution in [1.29, 1.82) is 5.26 Å². The van der Waals surface area contributed by atoms with Gasteiger partial charge in [0, 0.05) is 31.1 Å². The van der Waals surface area contributed by atoms with Crippen molar-refractivity contribution in [2.45, 2.75) is 31.7 Å². The van der Waals surface area contributed by atoms with Gasteiger partial charge in [-0.05, 0) is 26.0 Å². The van der Waals surface area contributed by atoms with Crippen LogP contribution < -0.4 is 10.2 Å². The number of pyridine rings is 1. The average Bonchev–Trinajstić information content (AvgIpc) is 3.32. The number of halogens is 3. The molecule has 3 aromatic rings. The zero-order valence-electron chi connectivity index (χ0n) is 16.9. The van der Waals surface area contributed by atoms with Gasteiger partial charge in [-0.3, -0.25) is 0 Å². The van der Waals surface area contributed by atoms with Crippen LogP contribution in [-0.4, -0.2) is 40.3 Å². The summed E-state index contributed by atoms with van der Waals surface area (Å²) in [7, 11) is 1.90. The predicted octanol–water partition coefficient (Wildman–Crippen LogP) is 4.22. The second-order valence-electron chi connectivity index (χ2n) is 7.91. The molecule has 1 aliphatic rings. The molecule has 30 heavy (non-hydrogen) atoms. The molecule has 9 heteroatoms. The van der Waals surface area contributed by atoms with E-state index in [0.717, 1.165) is 18.9 Å². The Morgan fingerprint density at radius 2 is 2.00 bits per heavy atom. The summed E-state index contributed by atoms with van der Waals surface area (Å²) < 4.78 is 29.5. The van der Waals surface area contributed by atoms with Gasteiger partial charge in [-0.1, -0.05) is 41.9 Å². The predicted molar refractivity (Wildman–Crippen MR) is 112 cm³/mol. The number of nitriles is 1. The molecule has 1 saturated heterocycles. The molecule has 0 saturated carbocycles. The number of hydrogen-bond acceptors (Lipinski definition) is 5. The summed E-state index contributed by atoms with van der Waals surface area (Å²) >= 11 is 6.70. The summed E-state index contributed by atoms with van der Waals surface area (Å²) in [6.45, 7) is 4.14. The van der Waals surface area contributed by atoms with E-state index in [1.807, 2.05) is 43.4 Å². The van der Waals surface area contributed by atoms with Crippen LogP contribution in [0.2, 0.25) is 5.02 Å². The van der Waals surface area contributed by atoms with Crippen LogP contribution >= 0.6 is 11.6 Å². The van der Waals surface area contributed by atoms with Gasteiger partial charge in [0.25, 0.3) is 0 Å². The summed E-state index contributed by atoms with van der Waals surface area (Å²) in [5, 5.41) is 17.4. The van der Waals surface area contributed by atoms with Crippen LogP contribution in [0.15, 0.2) is 30.3 Å². The topological polar surface area (TPSA) is 69.2 Å². The van der Waals surface area contributed by atoms with E-state index in [9.17, 15) is 14.0 Å². The molecule has 1 fully saturated rings. The van der Waals surface area contributed by atoms with Gasteiger partial charge in [0.2, 0.25) is 5.82 Å². The Morgan fingerprint density at radius 3 is 2.57 bits per heavy atom. The highest BCUT2D eigenvalue weighted by molar-refractivity contribution is 6.35. The molecule has 3 heterocycles. The Bertz CT molecular complexity index is 1150. The van der Waals surface area contributed by atoms with Gasteiger partial charge >= 0.3 is 5.92 Å². The van der Waals surface area contributed by atoms with E-state index in [1.54, 1.807) is 0 Å². The van der Waals surface area contributed by atoms with E-state index in [1.165, 1.54) is 4.52 Å². The van der Waals surface area contributed by atoms with Crippen molar-refractivity contribution in [1.82, 2.24) is 19.9 Å². The van der Waals surface area contributed by atoms with Gasteiger partial charge < -0.3 is 10.2 Å². The van der Waals surface area contributed by atoms with Crippen LogP contribution in [0.1, 0.15) is 31.7 Å². The van der Waals surface area contributed by atoms with Crippen molar-refractivity contribution in [2.24, 2.45) is 0 Å². The number of fused-ring (bicyclic) bond motifs is 1. The molecule has 1 atom stereocenters. The number of anilines is 1. The smallest absolute Gasteiger partial charge is 0.305 e. The molecule has 1 aliphatic heterocycles. The van der Waals surface area contributed by atoms with Gasteiger partial charge in [0.15, 0.2) is 5.65 Å². The van der Waals surface area contributed by atoms with Crippen molar-refractivity contribution in [3.63, 3.8) is 0 Å². The third kappa shape index (κ3) is 3.28. The third-order valence-corrected chi connectivity index (χ3v) is 6.02. The molecule has 2 aromatic heterocycles. The van der Waals surface area contributed by atoms with Gasteiger partial charge in [-0.2, -0.15) is 18.6 Å². The highest BCUT2D eigenvalue weighted by atomic mass is 35.5. The van der Waals surface area contributed by atoms with Crippen molar-refractivity contribution >= 4 is 23.1 Å². The van der Waals surface area contributed by atoms with Crippen LogP contribution in [0.25, 0.3) is 16.8 Å². The van der Waals surface area contributed by atoms with Gasteiger partial charge in [0.05, 0.1) is 5.02 Å². The monoisotopic (exact) mass is 430 g/mol. The minimum absolute atomic E-state index is 0.0258. The lowest BCUT2D eigenvalue weighted by atomic mass is 10.0. The maximum atomic E-state index is 14.1. The molecule has 156 valence electrons. The Morgan fingerprint density at radius 1 is 1.30 bits per heavy atom. The number of hydrogen-bond donors (Lipinski definition) is 1. The maximum absolute atomic E-state index is 14.1. The summed E-state index contributed by atoms with van der Waals surface area (Å²) in [6.07, 6.45) is 0.850. The highest BCUT2D eigenvalue weighted by Gasteiger charge is 2.38. The summed E-state index contributed by atoms with van der Waals surface area (Å²) in [5.74, 6) is -3.33. The number of nitrogens with one attached hydrogen (secondary N) is 1. The SMILES string of the molecule is CN[C@@]1(C)CCN(c2c(-c3ccccc3)c(Cl)c(C#N)c3nc(C(C)(F)F)nn23)C1. The fourth-order valence-corrected chi connectivity index (χ4v) is 4.15. The molecule has 0 spiro atoms. The van der Waals surface area contributed by atoms with E-state index in [-0.39, 0.29) is 21.8 Å². The second-order valence-corrected chi connectivity index (χ2v) is 8.28. The third-order valence-electron chi connectivity index (χ3n) is 5.64. The van der Waals surface area contributed by atoms with Crippen molar-refractivity contribution < 1.29 is 8.78 Å². The lowest BCUT2D eigenvalue weighted by Gasteiger charge is -2.27. The number of rotatable bonds is 4. The van der Waals surface area contributed by atoms with Crippen LogP contribution in [0.4, 0.5) is 14.6 Å². The average molecular weight is 431 g/mol. The minimum atomic E-state index is -3.25. The van der Waals surface area contributed by atoms with Crippen molar-refractivity contribution in [3.05, 3.63) is 46.7 Å². The summed E-state index contributed by atoms with van der Waals surface area (Å²) in [5.41, 5.74) is 1.26. The van der Waals surface area contributed by atoms with Crippen LogP contribution in [0.5, 0.6) is 0 Å².